The van der Waals surface area contributed by atoms with Crippen LogP contribution in [0, 0.1) is 32.6 Å². The van der Waals surface area contributed by atoms with Crippen molar-refractivity contribution in [2.24, 2.45) is 17.0 Å². The van der Waals surface area contributed by atoms with Gasteiger partial charge in [-0.05, 0) is 80.3 Å². The molecule has 0 spiro atoms. The number of hydrogen-bond donors (Lipinski definition) is 0. The van der Waals surface area contributed by atoms with Gasteiger partial charge in [-0.1, -0.05) is 98.4 Å². The highest BCUT2D eigenvalue weighted by Gasteiger charge is 2.33. The van der Waals surface area contributed by atoms with Crippen molar-refractivity contribution in [3.63, 3.8) is 0 Å². The molecule has 0 fully saturated rings. The first-order valence-electron chi connectivity index (χ1n) is 18.7. The number of fused-ring (bicyclic) bond motifs is 5. The fourth-order valence-electron chi connectivity index (χ4n) is 7.95. The number of unbranched alkanes of at least 4 members (excludes halogenated alkanes) is 1. The predicted octanol–water partition coefficient (Wildman–Crippen LogP) is 11.6. The van der Waals surface area contributed by atoms with Crippen LogP contribution in [-0.4, -0.2) is 34.8 Å². The van der Waals surface area contributed by atoms with Crippen LogP contribution in [0.3, 0.4) is 0 Å². The minimum Gasteiger partial charge on any atom is -0.488 e. The van der Waals surface area contributed by atoms with E-state index in [2.05, 4.69) is 29.6 Å². The number of benzene rings is 4. The Balaban J connectivity index is 1.62. The van der Waals surface area contributed by atoms with Crippen molar-refractivity contribution in [1.82, 2.24) is 4.57 Å². The lowest BCUT2D eigenvalue weighted by Crippen LogP contribution is -2.25. The molecule has 9 heteroatoms. The largest absolute Gasteiger partial charge is 0.488 e. The van der Waals surface area contributed by atoms with Gasteiger partial charge in [-0.2, -0.15) is 13.2 Å². The maximum atomic E-state index is 14.7. The van der Waals surface area contributed by atoms with Gasteiger partial charge in [-0.3, -0.25) is 4.79 Å². The SMILES string of the molecule is CCCCC(CC)Cn1c2ccc(/C(=N/OC(C)=O)C3CC=CC=C3OCC(F)(F)F)cc2c2cc(C(=O)c3c(C)cc(C)cc3C)c3ccccc3c21. The number of allylic oxidation sites excluding steroid dienone is 4. The van der Waals surface area contributed by atoms with Gasteiger partial charge in [0.05, 0.1) is 17.1 Å². The maximum Gasteiger partial charge on any atom is 0.422 e. The lowest BCUT2D eigenvalue weighted by atomic mass is 9.88. The molecule has 54 heavy (non-hydrogen) atoms. The van der Waals surface area contributed by atoms with Crippen LogP contribution in [-0.2, 0) is 20.9 Å². The molecule has 1 aliphatic carbocycles. The highest BCUT2D eigenvalue weighted by molar-refractivity contribution is 6.26. The molecule has 0 bridgehead atoms. The molecule has 0 radical (unpaired) electrons. The first-order chi connectivity index (χ1) is 25.8. The van der Waals surface area contributed by atoms with Crippen LogP contribution in [0.1, 0.15) is 91.1 Å². The number of carbonyl (C=O) groups excluding carboxylic acids is 2. The Bertz CT molecular complexity index is 2310. The standard InChI is InChI=1S/C45H47F3N2O4/c1-7-9-14-31(8-2)25-50-39-20-19-32(42(49-54-30(6)51)35-17-12-13-18-40(35)53-26-45(46,47)48)23-36(39)37-24-38(33-15-10-11-16-34(33)43(37)50)44(52)41-28(4)21-27(3)22-29(41)5/h10-13,15-16,18-24,31,35H,7-9,14,17,25-26H2,1-6H3/b49-42-. The number of hydrogen-bond acceptors (Lipinski definition) is 5. The lowest BCUT2D eigenvalue weighted by Gasteiger charge is -2.24. The number of halogens is 3. The van der Waals surface area contributed by atoms with Gasteiger partial charge < -0.3 is 14.1 Å². The molecule has 4 aromatic carbocycles. The molecule has 1 heterocycles. The van der Waals surface area contributed by atoms with E-state index < -0.39 is 24.7 Å². The van der Waals surface area contributed by atoms with E-state index in [-0.39, 0.29) is 23.7 Å². The quantitative estimate of drug-likeness (QED) is 0.0522. The number of oxime groups is 1. The molecule has 0 saturated carbocycles. The van der Waals surface area contributed by atoms with Crippen LogP contribution in [0.25, 0.3) is 32.6 Å². The summed E-state index contributed by atoms with van der Waals surface area (Å²) >= 11 is 0. The molecule has 1 aromatic heterocycles. The summed E-state index contributed by atoms with van der Waals surface area (Å²) < 4.78 is 47.6. The minimum absolute atomic E-state index is 0.0581. The fraction of sp³-hybridized carbons (Fsp3) is 0.356. The second kappa shape index (κ2) is 16.0. The van der Waals surface area contributed by atoms with Crippen LogP contribution in [0.5, 0.6) is 0 Å². The van der Waals surface area contributed by atoms with E-state index in [0.717, 1.165) is 81.5 Å². The number of alkyl halides is 3. The zero-order valence-corrected chi connectivity index (χ0v) is 31.8. The Morgan fingerprint density at radius 1 is 0.944 bits per heavy atom. The van der Waals surface area contributed by atoms with Gasteiger partial charge in [0.15, 0.2) is 12.4 Å². The Hall–Kier alpha value is -5.18. The summed E-state index contributed by atoms with van der Waals surface area (Å²) in [5, 5.41) is 7.79. The van der Waals surface area contributed by atoms with Crippen molar-refractivity contribution in [2.45, 2.75) is 86.4 Å². The molecule has 1 aliphatic rings. The summed E-state index contributed by atoms with van der Waals surface area (Å²) in [4.78, 5) is 31.9. The van der Waals surface area contributed by atoms with Crippen LogP contribution in [0.2, 0.25) is 0 Å². The van der Waals surface area contributed by atoms with Gasteiger partial charge in [-0.15, -0.1) is 0 Å². The average Bonchev–Trinajstić information content (AvgIpc) is 3.44. The van der Waals surface area contributed by atoms with E-state index in [1.807, 2.05) is 81.4 Å². The molecule has 2 unspecified atom stereocenters. The van der Waals surface area contributed by atoms with E-state index in [4.69, 9.17) is 9.57 Å². The number of aryl methyl sites for hydroxylation is 3. The molecular formula is C45H47F3N2O4. The highest BCUT2D eigenvalue weighted by atomic mass is 19.4. The smallest absolute Gasteiger partial charge is 0.422 e. The summed E-state index contributed by atoms with van der Waals surface area (Å²) in [5.41, 5.74) is 6.99. The normalized spacial score (nSPS) is 15.5. The van der Waals surface area contributed by atoms with Gasteiger partial charge in [0, 0.05) is 51.8 Å². The Morgan fingerprint density at radius 2 is 1.67 bits per heavy atom. The second-order valence-corrected chi connectivity index (χ2v) is 14.5. The van der Waals surface area contributed by atoms with Crippen LogP contribution < -0.4 is 0 Å². The first-order valence-corrected chi connectivity index (χ1v) is 18.7. The number of aromatic nitrogens is 1. The third kappa shape index (κ3) is 8.00. The number of rotatable bonds is 13. The Kier molecular flexibility index (Phi) is 11.5. The number of carbonyl (C=O) groups is 2. The van der Waals surface area contributed by atoms with E-state index >= 15 is 0 Å². The van der Waals surface area contributed by atoms with Gasteiger partial charge in [-0.25, -0.2) is 4.79 Å². The van der Waals surface area contributed by atoms with Crippen LogP contribution in [0.15, 0.2) is 89.8 Å². The van der Waals surface area contributed by atoms with Crippen molar-refractivity contribution in [1.29, 1.82) is 0 Å². The molecule has 2 atom stereocenters. The summed E-state index contributed by atoms with van der Waals surface area (Å²) in [7, 11) is 0. The number of nitrogens with zero attached hydrogens (tertiary/aromatic N) is 2. The molecule has 282 valence electrons. The third-order valence-corrected chi connectivity index (χ3v) is 10.4. The molecule has 5 aromatic rings. The molecule has 0 saturated heterocycles. The van der Waals surface area contributed by atoms with Crippen molar-refractivity contribution in [2.75, 3.05) is 6.61 Å². The molecule has 0 aliphatic heterocycles. The third-order valence-electron chi connectivity index (χ3n) is 10.4. The second-order valence-electron chi connectivity index (χ2n) is 14.5. The number of ether oxygens (including phenoxy) is 1. The van der Waals surface area contributed by atoms with Crippen molar-refractivity contribution >= 4 is 50.0 Å². The Labute approximate surface area is 314 Å². The minimum atomic E-state index is -4.54. The molecular weight excluding hydrogens is 689 g/mol. The van der Waals surface area contributed by atoms with Gasteiger partial charge >= 0.3 is 12.1 Å². The first kappa shape index (κ1) is 38.5. The van der Waals surface area contributed by atoms with E-state index in [9.17, 15) is 22.8 Å². The molecule has 6 rings (SSSR count). The highest BCUT2D eigenvalue weighted by Crippen LogP contribution is 2.40. The van der Waals surface area contributed by atoms with Crippen molar-refractivity contribution in [3.05, 3.63) is 118 Å². The molecule has 0 amide bonds. The van der Waals surface area contributed by atoms with E-state index in [0.29, 0.717) is 22.6 Å². The molecule has 6 nitrogen and oxygen atoms in total. The van der Waals surface area contributed by atoms with Crippen molar-refractivity contribution in [3.8, 4) is 0 Å². The average molecular weight is 737 g/mol. The van der Waals surface area contributed by atoms with Gasteiger partial charge in [0.25, 0.3) is 0 Å². The fourth-order valence-corrected chi connectivity index (χ4v) is 7.95. The summed E-state index contributed by atoms with van der Waals surface area (Å²) in [6.07, 6.45) is 5.00. The summed E-state index contributed by atoms with van der Waals surface area (Å²) in [5.74, 6) is -0.974. The van der Waals surface area contributed by atoms with Crippen molar-refractivity contribution < 1.29 is 32.3 Å². The summed E-state index contributed by atoms with van der Waals surface area (Å²) in [6.45, 7) is 10.9. The van der Waals surface area contributed by atoms with Crippen LogP contribution in [0.4, 0.5) is 13.2 Å². The predicted molar refractivity (Wildman–Crippen MR) is 210 cm³/mol. The maximum absolute atomic E-state index is 14.7. The monoisotopic (exact) mass is 736 g/mol. The van der Waals surface area contributed by atoms with Gasteiger partial charge in [0.2, 0.25) is 0 Å². The summed E-state index contributed by atoms with van der Waals surface area (Å²) in [6, 6.07) is 19.9. The zero-order chi connectivity index (χ0) is 38.7. The lowest BCUT2D eigenvalue weighted by molar-refractivity contribution is -0.166. The number of ketones is 1. The van der Waals surface area contributed by atoms with Crippen LogP contribution >= 0.6 is 0 Å². The topological polar surface area (TPSA) is 69.9 Å². The van der Waals surface area contributed by atoms with E-state index in [1.54, 1.807) is 6.08 Å². The Morgan fingerprint density at radius 3 is 2.33 bits per heavy atom. The van der Waals surface area contributed by atoms with E-state index in [1.165, 1.54) is 13.0 Å². The van der Waals surface area contributed by atoms with Gasteiger partial charge in [0.1, 0.15) is 5.76 Å². The zero-order valence-electron chi connectivity index (χ0n) is 31.8. The molecule has 0 N–H and O–H groups in total.